The van der Waals surface area contributed by atoms with E-state index in [2.05, 4.69) is 12.2 Å². The zero-order valence-corrected chi connectivity index (χ0v) is 10.7. The van der Waals surface area contributed by atoms with Crippen LogP contribution < -0.4 is 5.32 Å². The van der Waals surface area contributed by atoms with Gasteiger partial charge in [0.15, 0.2) is 0 Å². The van der Waals surface area contributed by atoms with Crippen LogP contribution in [0.4, 0.5) is 0 Å². The Bertz CT molecular complexity index is 325. The molecule has 0 bridgehead atoms. The van der Waals surface area contributed by atoms with Crippen molar-refractivity contribution < 1.29 is 5.11 Å². The molecule has 1 aromatic rings. The first kappa shape index (κ1) is 13.5. The Kier molecular flexibility index (Phi) is 5.26. The molecule has 1 atom stereocenters. The van der Waals surface area contributed by atoms with E-state index in [1.807, 2.05) is 31.2 Å². The quantitative estimate of drug-likeness (QED) is 0.751. The number of aliphatic hydroxyl groups is 1. The molecule has 0 aliphatic rings. The number of rotatable bonds is 6. The van der Waals surface area contributed by atoms with E-state index >= 15 is 0 Å². The van der Waals surface area contributed by atoms with Crippen molar-refractivity contribution in [3.8, 4) is 0 Å². The topological polar surface area (TPSA) is 32.3 Å². The first-order chi connectivity index (χ1) is 7.55. The fourth-order valence-corrected chi connectivity index (χ4v) is 1.85. The molecule has 0 amide bonds. The van der Waals surface area contributed by atoms with Gasteiger partial charge in [-0.15, -0.1) is 0 Å². The molecule has 16 heavy (non-hydrogen) atoms. The maximum atomic E-state index is 10.2. The van der Waals surface area contributed by atoms with Crippen LogP contribution in [-0.4, -0.2) is 23.8 Å². The molecule has 0 saturated heterocycles. The van der Waals surface area contributed by atoms with Gasteiger partial charge < -0.3 is 10.4 Å². The Labute approximate surface area is 103 Å². The lowest BCUT2D eigenvalue weighted by Crippen LogP contribution is -2.40. The first-order valence-corrected chi connectivity index (χ1v) is 6.09. The predicted octanol–water partition coefficient (Wildman–Crippen LogP) is 2.63. The fraction of sp³-hybridized carbons (Fsp3) is 0.538. The van der Waals surface area contributed by atoms with Gasteiger partial charge in [-0.2, -0.15) is 0 Å². The van der Waals surface area contributed by atoms with Crippen molar-refractivity contribution in [3.63, 3.8) is 0 Å². The molecule has 0 spiro atoms. The molecular formula is C13H20ClNO. The highest BCUT2D eigenvalue weighted by Gasteiger charge is 2.21. The van der Waals surface area contributed by atoms with Crippen molar-refractivity contribution in [1.82, 2.24) is 5.32 Å². The second kappa shape index (κ2) is 6.24. The first-order valence-electron chi connectivity index (χ1n) is 5.71. The minimum absolute atomic E-state index is 0.573. The SMILES string of the molecule is CCCNCC(C)(O)Cc1ccccc1Cl. The van der Waals surface area contributed by atoms with Gasteiger partial charge in [-0.25, -0.2) is 0 Å². The van der Waals surface area contributed by atoms with Gasteiger partial charge in [0.25, 0.3) is 0 Å². The van der Waals surface area contributed by atoms with Crippen LogP contribution in [0, 0.1) is 0 Å². The molecule has 0 aliphatic heterocycles. The zero-order valence-electron chi connectivity index (χ0n) is 9.96. The third-order valence-electron chi connectivity index (χ3n) is 2.46. The van der Waals surface area contributed by atoms with Gasteiger partial charge >= 0.3 is 0 Å². The minimum atomic E-state index is -0.750. The van der Waals surface area contributed by atoms with Gasteiger partial charge in [0.2, 0.25) is 0 Å². The average Bonchev–Trinajstić information content (AvgIpc) is 2.21. The van der Waals surface area contributed by atoms with E-state index in [4.69, 9.17) is 11.6 Å². The van der Waals surface area contributed by atoms with E-state index in [0.29, 0.717) is 13.0 Å². The molecule has 0 heterocycles. The lowest BCUT2D eigenvalue weighted by molar-refractivity contribution is 0.0604. The number of halogens is 1. The maximum Gasteiger partial charge on any atom is 0.0784 e. The predicted molar refractivity (Wildman–Crippen MR) is 68.9 cm³/mol. The summed E-state index contributed by atoms with van der Waals surface area (Å²) >= 11 is 6.06. The van der Waals surface area contributed by atoms with Crippen molar-refractivity contribution in [2.75, 3.05) is 13.1 Å². The van der Waals surface area contributed by atoms with Crippen molar-refractivity contribution in [2.24, 2.45) is 0 Å². The lowest BCUT2D eigenvalue weighted by atomic mass is 9.96. The Hall–Kier alpha value is -0.570. The zero-order chi connectivity index (χ0) is 12.0. The third kappa shape index (κ3) is 4.52. The van der Waals surface area contributed by atoms with Crippen LogP contribution in [0.1, 0.15) is 25.8 Å². The summed E-state index contributed by atoms with van der Waals surface area (Å²) in [6.45, 7) is 5.46. The normalized spacial score (nSPS) is 14.8. The average molecular weight is 242 g/mol. The molecule has 0 fully saturated rings. The second-order valence-electron chi connectivity index (χ2n) is 4.44. The van der Waals surface area contributed by atoms with Crippen LogP contribution in [0.15, 0.2) is 24.3 Å². The Morgan fingerprint density at radius 2 is 2.06 bits per heavy atom. The van der Waals surface area contributed by atoms with E-state index in [0.717, 1.165) is 23.6 Å². The molecule has 0 aliphatic carbocycles. The lowest BCUT2D eigenvalue weighted by Gasteiger charge is -2.24. The van der Waals surface area contributed by atoms with Gasteiger partial charge in [0, 0.05) is 18.0 Å². The standard InChI is InChI=1S/C13H20ClNO/c1-3-8-15-10-13(2,16)9-11-6-4-5-7-12(11)14/h4-7,15-16H,3,8-10H2,1-2H3. The maximum absolute atomic E-state index is 10.2. The molecule has 0 saturated carbocycles. The highest BCUT2D eigenvalue weighted by molar-refractivity contribution is 6.31. The van der Waals surface area contributed by atoms with Crippen molar-refractivity contribution in [2.45, 2.75) is 32.3 Å². The number of nitrogens with one attached hydrogen (secondary N) is 1. The molecule has 1 unspecified atom stereocenters. The number of hydrogen-bond donors (Lipinski definition) is 2. The van der Waals surface area contributed by atoms with E-state index in [1.165, 1.54) is 0 Å². The van der Waals surface area contributed by atoms with E-state index in [9.17, 15) is 5.11 Å². The van der Waals surface area contributed by atoms with Gasteiger partial charge in [-0.05, 0) is 31.5 Å². The molecule has 0 radical (unpaired) electrons. The van der Waals surface area contributed by atoms with Crippen LogP contribution in [0.3, 0.4) is 0 Å². The third-order valence-corrected chi connectivity index (χ3v) is 2.83. The molecule has 1 rings (SSSR count). The van der Waals surface area contributed by atoms with Crippen molar-refractivity contribution >= 4 is 11.6 Å². The minimum Gasteiger partial charge on any atom is -0.389 e. The monoisotopic (exact) mass is 241 g/mol. The summed E-state index contributed by atoms with van der Waals surface area (Å²) in [7, 11) is 0. The Morgan fingerprint density at radius 3 is 2.69 bits per heavy atom. The van der Waals surface area contributed by atoms with Gasteiger partial charge in [0.1, 0.15) is 0 Å². The number of benzene rings is 1. The van der Waals surface area contributed by atoms with E-state index in [-0.39, 0.29) is 0 Å². The van der Waals surface area contributed by atoms with Crippen molar-refractivity contribution in [3.05, 3.63) is 34.9 Å². The van der Waals surface area contributed by atoms with Crippen LogP contribution in [0.25, 0.3) is 0 Å². The van der Waals surface area contributed by atoms with E-state index < -0.39 is 5.60 Å². The van der Waals surface area contributed by atoms with E-state index in [1.54, 1.807) is 0 Å². The smallest absolute Gasteiger partial charge is 0.0784 e. The van der Waals surface area contributed by atoms with Crippen LogP contribution in [0.2, 0.25) is 5.02 Å². The van der Waals surface area contributed by atoms with Crippen LogP contribution >= 0.6 is 11.6 Å². The summed E-state index contributed by atoms with van der Waals surface area (Å²) in [6.07, 6.45) is 1.64. The summed E-state index contributed by atoms with van der Waals surface area (Å²) in [5.74, 6) is 0. The molecule has 90 valence electrons. The highest BCUT2D eigenvalue weighted by atomic mass is 35.5. The second-order valence-corrected chi connectivity index (χ2v) is 4.85. The summed E-state index contributed by atoms with van der Waals surface area (Å²) in [5.41, 5.74) is 0.243. The molecule has 2 nitrogen and oxygen atoms in total. The highest BCUT2D eigenvalue weighted by Crippen LogP contribution is 2.20. The molecule has 2 N–H and O–H groups in total. The fourth-order valence-electron chi connectivity index (χ4n) is 1.65. The summed E-state index contributed by atoms with van der Waals surface area (Å²) in [4.78, 5) is 0. The Morgan fingerprint density at radius 1 is 1.38 bits per heavy atom. The van der Waals surface area contributed by atoms with Crippen molar-refractivity contribution in [1.29, 1.82) is 0 Å². The summed E-state index contributed by atoms with van der Waals surface area (Å²) in [5, 5.41) is 14.1. The van der Waals surface area contributed by atoms with Gasteiger partial charge in [0.05, 0.1) is 5.60 Å². The molecule has 1 aromatic carbocycles. The van der Waals surface area contributed by atoms with Gasteiger partial charge in [-0.3, -0.25) is 0 Å². The molecule has 3 heteroatoms. The van der Waals surface area contributed by atoms with Crippen LogP contribution in [0.5, 0.6) is 0 Å². The van der Waals surface area contributed by atoms with Gasteiger partial charge in [-0.1, -0.05) is 36.7 Å². The Balaban J connectivity index is 2.55. The molecule has 0 aromatic heterocycles. The molecular weight excluding hydrogens is 222 g/mol. The summed E-state index contributed by atoms with van der Waals surface area (Å²) < 4.78 is 0. The largest absolute Gasteiger partial charge is 0.389 e. The van der Waals surface area contributed by atoms with Crippen LogP contribution in [-0.2, 0) is 6.42 Å². The number of hydrogen-bond acceptors (Lipinski definition) is 2. The summed E-state index contributed by atoms with van der Waals surface area (Å²) in [6, 6.07) is 7.65.